The second-order valence-electron chi connectivity index (χ2n) is 6.81. The van der Waals surface area contributed by atoms with Crippen molar-refractivity contribution in [3.63, 3.8) is 0 Å². The molecule has 0 radical (unpaired) electrons. The third kappa shape index (κ3) is 9.86. The minimum Gasteiger partial charge on any atom is -0.489 e. The number of nitrogens with zero attached hydrogens (tertiary/aromatic N) is 2. The first-order valence-corrected chi connectivity index (χ1v) is 9.94. The topological polar surface area (TPSA) is 48.9 Å². The fraction of sp³-hybridized carbons (Fsp3) is 0.650. The summed E-state index contributed by atoms with van der Waals surface area (Å²) in [5.41, 5.74) is 0. The zero-order valence-electron chi connectivity index (χ0n) is 16.7. The highest BCUT2D eigenvalue weighted by Gasteiger charge is 2.09. The molecule has 1 aliphatic rings. The summed E-state index contributed by atoms with van der Waals surface area (Å²) in [5, 5.41) is 6.39. The zero-order chi connectivity index (χ0) is 19.3. The van der Waals surface area contributed by atoms with Crippen molar-refractivity contribution in [1.29, 1.82) is 0 Å². The van der Waals surface area contributed by atoms with E-state index < -0.39 is 11.6 Å². The molecule has 0 amide bonds. The first-order chi connectivity index (χ1) is 13.2. The molecular formula is C20H33F2IN4O. The van der Waals surface area contributed by atoms with Crippen LogP contribution in [-0.2, 0) is 0 Å². The molecule has 0 aromatic heterocycles. The van der Waals surface area contributed by atoms with Crippen LogP contribution in [-0.4, -0.2) is 57.2 Å². The molecule has 1 heterocycles. The van der Waals surface area contributed by atoms with E-state index >= 15 is 0 Å². The number of likely N-dealkylation sites (tertiary alicyclic amines) is 1. The fourth-order valence-corrected chi connectivity index (χ4v) is 3.17. The van der Waals surface area contributed by atoms with Gasteiger partial charge in [-0.15, -0.1) is 24.0 Å². The van der Waals surface area contributed by atoms with Crippen molar-refractivity contribution in [3.05, 3.63) is 29.8 Å². The van der Waals surface area contributed by atoms with Crippen LogP contribution in [0.5, 0.6) is 5.75 Å². The van der Waals surface area contributed by atoms with Gasteiger partial charge in [0, 0.05) is 19.7 Å². The van der Waals surface area contributed by atoms with Crippen LogP contribution in [0.3, 0.4) is 0 Å². The number of guanidine groups is 1. The maximum Gasteiger partial charge on any atom is 0.191 e. The Bertz CT molecular complexity index is 583. The molecular weight excluding hydrogens is 477 g/mol. The molecule has 0 bridgehead atoms. The predicted octanol–water partition coefficient (Wildman–Crippen LogP) is 3.78. The van der Waals surface area contributed by atoms with Gasteiger partial charge in [-0.1, -0.05) is 12.8 Å². The molecule has 0 saturated carbocycles. The molecule has 1 saturated heterocycles. The molecule has 0 atom stereocenters. The number of hydrogen-bond donors (Lipinski definition) is 2. The molecule has 8 heteroatoms. The van der Waals surface area contributed by atoms with E-state index in [9.17, 15) is 8.78 Å². The minimum absolute atomic E-state index is 0. The van der Waals surface area contributed by atoms with Gasteiger partial charge in [-0.05, 0) is 57.5 Å². The predicted molar refractivity (Wildman–Crippen MR) is 121 cm³/mol. The summed E-state index contributed by atoms with van der Waals surface area (Å²) in [4.78, 5) is 6.73. The third-order valence-electron chi connectivity index (χ3n) is 4.66. The number of nitrogens with one attached hydrogen (secondary N) is 2. The highest BCUT2D eigenvalue weighted by molar-refractivity contribution is 14.0. The summed E-state index contributed by atoms with van der Waals surface area (Å²) in [5.74, 6) is -0.551. The van der Waals surface area contributed by atoms with Crippen LogP contribution in [0.25, 0.3) is 0 Å². The van der Waals surface area contributed by atoms with Gasteiger partial charge in [0.1, 0.15) is 12.4 Å². The van der Waals surface area contributed by atoms with E-state index in [2.05, 4.69) is 20.5 Å². The molecule has 1 aromatic carbocycles. The van der Waals surface area contributed by atoms with Crippen molar-refractivity contribution in [2.24, 2.45) is 4.99 Å². The highest BCUT2D eigenvalue weighted by Crippen LogP contribution is 2.17. The van der Waals surface area contributed by atoms with Gasteiger partial charge in [-0.25, -0.2) is 8.78 Å². The molecule has 1 fully saturated rings. The van der Waals surface area contributed by atoms with E-state index in [1.54, 1.807) is 7.05 Å². The Morgan fingerprint density at radius 3 is 2.54 bits per heavy atom. The Morgan fingerprint density at radius 1 is 1.07 bits per heavy atom. The Kier molecular flexibility index (Phi) is 13.1. The highest BCUT2D eigenvalue weighted by atomic mass is 127. The number of piperidine rings is 1. The smallest absolute Gasteiger partial charge is 0.191 e. The standard InChI is InChI=1S/C20H32F2N4O.HI/c1-23-20(24-10-4-2-5-12-26-13-6-3-7-14-26)25-11-15-27-19-9-8-17(21)16-18(19)22;/h8-9,16H,2-7,10-15H2,1H3,(H2,23,24,25);1H. The summed E-state index contributed by atoms with van der Waals surface area (Å²) in [6.07, 6.45) is 7.63. The number of hydrogen-bond acceptors (Lipinski definition) is 3. The van der Waals surface area contributed by atoms with Gasteiger partial charge >= 0.3 is 0 Å². The Hall–Kier alpha value is -1.16. The van der Waals surface area contributed by atoms with Crippen LogP contribution < -0.4 is 15.4 Å². The van der Waals surface area contributed by atoms with Crippen LogP contribution in [0, 0.1) is 11.6 Å². The summed E-state index contributed by atoms with van der Waals surface area (Å²) >= 11 is 0. The minimum atomic E-state index is -0.693. The average molecular weight is 510 g/mol. The molecule has 1 aromatic rings. The number of benzene rings is 1. The normalized spacial score (nSPS) is 15.0. The van der Waals surface area contributed by atoms with Gasteiger partial charge in [0.05, 0.1) is 6.54 Å². The van der Waals surface area contributed by atoms with Crippen molar-refractivity contribution in [3.8, 4) is 5.75 Å². The second-order valence-corrected chi connectivity index (χ2v) is 6.81. The van der Waals surface area contributed by atoms with Gasteiger partial charge in [0.25, 0.3) is 0 Å². The molecule has 5 nitrogen and oxygen atoms in total. The first kappa shape index (κ1) is 24.9. The van der Waals surface area contributed by atoms with Crippen molar-refractivity contribution in [2.45, 2.75) is 38.5 Å². The molecule has 1 aliphatic heterocycles. The zero-order valence-corrected chi connectivity index (χ0v) is 19.0. The third-order valence-corrected chi connectivity index (χ3v) is 4.66. The van der Waals surface area contributed by atoms with E-state index in [1.807, 2.05) is 0 Å². The lowest BCUT2D eigenvalue weighted by Crippen LogP contribution is -2.39. The summed E-state index contributed by atoms with van der Waals surface area (Å²) in [6.45, 7) is 5.35. The lowest BCUT2D eigenvalue weighted by molar-refractivity contribution is 0.224. The number of halogens is 3. The van der Waals surface area contributed by atoms with E-state index in [1.165, 1.54) is 63.9 Å². The number of rotatable bonds is 10. The first-order valence-electron chi connectivity index (χ1n) is 9.94. The quantitative estimate of drug-likeness (QED) is 0.218. The summed E-state index contributed by atoms with van der Waals surface area (Å²) in [6, 6.07) is 3.29. The van der Waals surface area contributed by atoms with Crippen molar-refractivity contribution >= 4 is 29.9 Å². The second kappa shape index (κ2) is 14.8. The average Bonchev–Trinajstić information content (AvgIpc) is 2.68. The molecule has 28 heavy (non-hydrogen) atoms. The van der Waals surface area contributed by atoms with Gasteiger partial charge in [0.15, 0.2) is 17.5 Å². The van der Waals surface area contributed by atoms with Crippen molar-refractivity contribution in [1.82, 2.24) is 15.5 Å². The van der Waals surface area contributed by atoms with Crippen LogP contribution in [0.2, 0.25) is 0 Å². The monoisotopic (exact) mass is 510 g/mol. The molecule has 2 rings (SSSR count). The molecule has 0 aliphatic carbocycles. The lowest BCUT2D eigenvalue weighted by atomic mass is 10.1. The number of unbranched alkanes of at least 4 members (excludes halogenated alkanes) is 2. The van der Waals surface area contributed by atoms with E-state index in [0.717, 1.165) is 19.0 Å². The maximum absolute atomic E-state index is 13.5. The Labute approximate surface area is 184 Å². The largest absolute Gasteiger partial charge is 0.489 e. The Balaban J connectivity index is 0.00000392. The number of aliphatic imine (C=N–C) groups is 1. The van der Waals surface area contributed by atoms with E-state index in [0.29, 0.717) is 12.5 Å². The maximum atomic E-state index is 13.5. The SMILES string of the molecule is CN=C(NCCCCCN1CCCCC1)NCCOc1ccc(F)cc1F.I. The fourth-order valence-electron chi connectivity index (χ4n) is 3.17. The van der Waals surface area contributed by atoms with Gasteiger partial charge < -0.3 is 20.3 Å². The summed E-state index contributed by atoms with van der Waals surface area (Å²) in [7, 11) is 1.71. The van der Waals surface area contributed by atoms with Crippen molar-refractivity contribution < 1.29 is 13.5 Å². The van der Waals surface area contributed by atoms with E-state index in [-0.39, 0.29) is 36.3 Å². The van der Waals surface area contributed by atoms with Crippen LogP contribution in [0.4, 0.5) is 8.78 Å². The summed E-state index contributed by atoms with van der Waals surface area (Å²) < 4.78 is 31.6. The van der Waals surface area contributed by atoms with Crippen LogP contribution >= 0.6 is 24.0 Å². The lowest BCUT2D eigenvalue weighted by Gasteiger charge is -2.26. The molecule has 2 N–H and O–H groups in total. The van der Waals surface area contributed by atoms with Gasteiger partial charge in [-0.3, -0.25) is 4.99 Å². The molecule has 0 spiro atoms. The molecule has 160 valence electrons. The number of ether oxygens (including phenoxy) is 1. The Morgan fingerprint density at radius 2 is 1.82 bits per heavy atom. The van der Waals surface area contributed by atoms with Crippen molar-refractivity contribution in [2.75, 3.05) is 46.4 Å². The molecule has 0 unspecified atom stereocenters. The van der Waals surface area contributed by atoms with Gasteiger partial charge in [0.2, 0.25) is 0 Å². The van der Waals surface area contributed by atoms with Crippen LogP contribution in [0.1, 0.15) is 38.5 Å². The van der Waals surface area contributed by atoms with Crippen LogP contribution in [0.15, 0.2) is 23.2 Å². The van der Waals surface area contributed by atoms with Gasteiger partial charge in [-0.2, -0.15) is 0 Å². The van der Waals surface area contributed by atoms with E-state index in [4.69, 9.17) is 4.74 Å².